The Kier molecular flexibility index (Phi) is 8.29. The maximum absolute atomic E-state index is 12.3. The molecule has 1 fully saturated rings. The molecular weight excluding hydrogens is 436 g/mol. The molecule has 1 aliphatic carbocycles. The maximum Gasteiger partial charge on any atom is 0.503 e. The second-order valence-electron chi connectivity index (χ2n) is 8.19. The number of aromatic nitrogens is 1. The first-order valence-corrected chi connectivity index (χ1v) is 11.4. The molecule has 3 N–H and O–H groups in total. The highest BCUT2D eigenvalue weighted by Gasteiger charge is 2.23. The number of nitrogens with zero attached hydrogens (tertiary/aromatic N) is 1. The van der Waals surface area contributed by atoms with Crippen LogP contribution in [0.5, 0.6) is 0 Å². The van der Waals surface area contributed by atoms with E-state index in [1.54, 1.807) is 6.92 Å². The number of benzene rings is 2. The standard InChI is InChI=1S/C25H28N2O3.CH2O3/c1-4-22(5-2)29-25(28)26-23-16(3)30-27-24(23)21-14-12-20(13-15-21)19-10-8-18(9-11-19)17-6-7-17;2-1(3)4/h8-15,17,22H,4-7H2,1-3H3,(H,26,28);(H2,2,3,4). The Hall–Kier alpha value is -3.81. The zero-order chi connectivity index (χ0) is 24.7. The second kappa shape index (κ2) is 11.4. The normalized spacial score (nSPS) is 12.6. The average molecular weight is 467 g/mol. The van der Waals surface area contributed by atoms with Crippen molar-refractivity contribution in [1.82, 2.24) is 5.16 Å². The van der Waals surface area contributed by atoms with E-state index in [-0.39, 0.29) is 6.10 Å². The van der Waals surface area contributed by atoms with Gasteiger partial charge in [-0.1, -0.05) is 67.5 Å². The van der Waals surface area contributed by atoms with E-state index in [2.05, 4.69) is 46.9 Å². The molecule has 3 aromatic rings. The lowest BCUT2D eigenvalue weighted by molar-refractivity contribution is 0.106. The molecule has 2 aromatic carbocycles. The number of hydrogen-bond acceptors (Lipinski definition) is 5. The molecule has 0 unspecified atom stereocenters. The first kappa shape index (κ1) is 24.8. The predicted molar refractivity (Wildman–Crippen MR) is 129 cm³/mol. The van der Waals surface area contributed by atoms with Gasteiger partial charge in [-0.2, -0.15) is 0 Å². The van der Waals surface area contributed by atoms with Crippen molar-refractivity contribution in [2.45, 2.75) is 58.5 Å². The molecule has 4 rings (SSSR count). The van der Waals surface area contributed by atoms with Crippen LogP contribution in [0.3, 0.4) is 0 Å². The van der Waals surface area contributed by atoms with E-state index in [4.69, 9.17) is 24.3 Å². The van der Waals surface area contributed by atoms with Gasteiger partial charge in [0, 0.05) is 5.56 Å². The zero-order valence-corrected chi connectivity index (χ0v) is 19.6. The minimum atomic E-state index is -1.83. The number of rotatable bonds is 7. The highest BCUT2D eigenvalue weighted by atomic mass is 16.6. The number of carbonyl (C=O) groups is 2. The Balaban J connectivity index is 0.000000751. The summed E-state index contributed by atoms with van der Waals surface area (Å²) < 4.78 is 10.8. The van der Waals surface area contributed by atoms with Crippen LogP contribution in [0.2, 0.25) is 0 Å². The Morgan fingerprint density at radius 3 is 2.00 bits per heavy atom. The van der Waals surface area contributed by atoms with Gasteiger partial charge in [-0.3, -0.25) is 5.32 Å². The van der Waals surface area contributed by atoms with E-state index in [0.29, 0.717) is 17.1 Å². The predicted octanol–water partition coefficient (Wildman–Crippen LogP) is 7.15. The summed E-state index contributed by atoms with van der Waals surface area (Å²) in [5, 5.41) is 20.9. The van der Waals surface area contributed by atoms with Crippen LogP contribution >= 0.6 is 0 Å². The van der Waals surface area contributed by atoms with Gasteiger partial charge in [-0.25, -0.2) is 9.59 Å². The highest BCUT2D eigenvalue weighted by molar-refractivity contribution is 5.91. The molecule has 1 aliphatic rings. The van der Waals surface area contributed by atoms with E-state index in [1.165, 1.54) is 24.0 Å². The first-order chi connectivity index (χ1) is 16.3. The molecule has 1 amide bonds. The largest absolute Gasteiger partial charge is 0.503 e. The molecule has 0 aliphatic heterocycles. The van der Waals surface area contributed by atoms with Crippen molar-refractivity contribution < 1.29 is 29.1 Å². The summed E-state index contributed by atoms with van der Waals surface area (Å²) in [5.41, 5.74) is 5.79. The van der Waals surface area contributed by atoms with Crippen molar-refractivity contribution >= 4 is 17.9 Å². The van der Waals surface area contributed by atoms with Crippen molar-refractivity contribution in [2.75, 3.05) is 5.32 Å². The lowest BCUT2D eigenvalue weighted by Gasteiger charge is -2.14. The van der Waals surface area contributed by atoms with E-state index >= 15 is 0 Å². The number of nitrogens with one attached hydrogen (secondary N) is 1. The van der Waals surface area contributed by atoms with Crippen LogP contribution in [0.25, 0.3) is 22.4 Å². The van der Waals surface area contributed by atoms with Gasteiger partial charge >= 0.3 is 12.2 Å². The summed E-state index contributed by atoms with van der Waals surface area (Å²) in [4.78, 5) is 20.8. The van der Waals surface area contributed by atoms with Crippen molar-refractivity contribution in [3.05, 3.63) is 59.9 Å². The molecule has 8 heteroatoms. The molecule has 0 atom stereocenters. The smallest absolute Gasteiger partial charge is 0.450 e. The van der Waals surface area contributed by atoms with Gasteiger partial charge in [0.05, 0.1) is 0 Å². The van der Waals surface area contributed by atoms with Crippen LogP contribution in [0.4, 0.5) is 15.3 Å². The Bertz CT molecular complexity index is 1090. The summed E-state index contributed by atoms with van der Waals surface area (Å²) >= 11 is 0. The lowest BCUT2D eigenvalue weighted by Crippen LogP contribution is -2.21. The summed E-state index contributed by atoms with van der Waals surface area (Å²) in [6.07, 6.45) is 1.77. The Labute approximate surface area is 198 Å². The quantitative estimate of drug-likeness (QED) is 0.338. The van der Waals surface area contributed by atoms with Gasteiger partial charge < -0.3 is 19.5 Å². The molecular formula is C26H30N2O6. The minimum absolute atomic E-state index is 0.0980. The van der Waals surface area contributed by atoms with Crippen LogP contribution in [0.15, 0.2) is 53.1 Å². The topological polar surface area (TPSA) is 122 Å². The number of amides is 1. The fraction of sp³-hybridized carbons (Fsp3) is 0.346. The molecule has 0 bridgehead atoms. The number of aryl methyl sites for hydroxylation is 1. The van der Waals surface area contributed by atoms with Gasteiger partial charge in [0.15, 0.2) is 5.76 Å². The van der Waals surface area contributed by atoms with Crippen molar-refractivity contribution in [2.24, 2.45) is 0 Å². The van der Waals surface area contributed by atoms with Crippen LogP contribution in [-0.4, -0.2) is 33.7 Å². The molecule has 180 valence electrons. The SMILES string of the molecule is CCC(CC)OC(=O)Nc1c(-c2ccc(-c3ccc(C4CC4)cc3)cc2)noc1C.O=C(O)O. The van der Waals surface area contributed by atoms with Crippen molar-refractivity contribution in [3.8, 4) is 22.4 Å². The van der Waals surface area contributed by atoms with Crippen LogP contribution in [0.1, 0.15) is 56.8 Å². The summed E-state index contributed by atoms with van der Waals surface area (Å²) in [7, 11) is 0. The summed E-state index contributed by atoms with van der Waals surface area (Å²) in [5.74, 6) is 1.31. The van der Waals surface area contributed by atoms with E-state index < -0.39 is 12.2 Å². The summed E-state index contributed by atoms with van der Waals surface area (Å²) in [6, 6.07) is 17.0. The average Bonchev–Trinajstić information content (AvgIpc) is 3.62. The third kappa shape index (κ3) is 6.60. The number of carboxylic acid groups (broad SMARTS) is 2. The molecule has 34 heavy (non-hydrogen) atoms. The van der Waals surface area contributed by atoms with Crippen LogP contribution in [0, 0.1) is 6.92 Å². The second-order valence-corrected chi connectivity index (χ2v) is 8.19. The number of ether oxygens (including phenoxy) is 1. The Morgan fingerprint density at radius 1 is 1.00 bits per heavy atom. The molecule has 0 spiro atoms. The number of hydrogen-bond donors (Lipinski definition) is 3. The molecule has 0 radical (unpaired) electrons. The lowest BCUT2D eigenvalue weighted by atomic mass is 10.00. The van der Waals surface area contributed by atoms with Crippen LogP contribution < -0.4 is 5.32 Å². The molecule has 1 heterocycles. The molecule has 1 aromatic heterocycles. The van der Waals surface area contributed by atoms with E-state index in [0.717, 1.165) is 29.9 Å². The van der Waals surface area contributed by atoms with Gasteiger partial charge in [0.1, 0.15) is 17.5 Å². The van der Waals surface area contributed by atoms with Gasteiger partial charge in [-0.15, -0.1) is 0 Å². The first-order valence-electron chi connectivity index (χ1n) is 11.4. The zero-order valence-electron chi connectivity index (χ0n) is 19.6. The number of anilines is 1. The molecule has 1 saturated carbocycles. The third-order valence-electron chi connectivity index (χ3n) is 5.73. The Morgan fingerprint density at radius 2 is 1.50 bits per heavy atom. The van der Waals surface area contributed by atoms with Gasteiger partial charge in [0.25, 0.3) is 0 Å². The van der Waals surface area contributed by atoms with Gasteiger partial charge in [-0.05, 0) is 55.2 Å². The fourth-order valence-corrected chi connectivity index (χ4v) is 3.64. The van der Waals surface area contributed by atoms with Crippen molar-refractivity contribution in [1.29, 1.82) is 0 Å². The minimum Gasteiger partial charge on any atom is -0.450 e. The number of carbonyl (C=O) groups excluding carboxylic acids is 1. The monoisotopic (exact) mass is 466 g/mol. The van der Waals surface area contributed by atoms with Crippen LogP contribution in [-0.2, 0) is 4.74 Å². The molecule has 0 saturated heterocycles. The third-order valence-corrected chi connectivity index (χ3v) is 5.73. The molecule has 8 nitrogen and oxygen atoms in total. The van der Waals surface area contributed by atoms with E-state index in [9.17, 15) is 4.79 Å². The fourth-order valence-electron chi connectivity index (χ4n) is 3.64. The van der Waals surface area contributed by atoms with Crippen molar-refractivity contribution in [3.63, 3.8) is 0 Å². The van der Waals surface area contributed by atoms with Gasteiger partial charge in [0.2, 0.25) is 0 Å². The maximum atomic E-state index is 12.3. The van der Waals surface area contributed by atoms with E-state index in [1.807, 2.05) is 26.0 Å². The summed E-state index contributed by atoms with van der Waals surface area (Å²) in [6.45, 7) is 5.77. The highest BCUT2D eigenvalue weighted by Crippen LogP contribution is 2.40.